The van der Waals surface area contributed by atoms with Gasteiger partial charge in [-0.2, -0.15) is 5.10 Å². The van der Waals surface area contributed by atoms with E-state index in [1.807, 2.05) is 26.7 Å². The zero-order chi connectivity index (χ0) is 18.4. The lowest BCUT2D eigenvalue weighted by molar-refractivity contribution is 0.226. The number of imidazole rings is 1. The molecular weight excluding hydrogens is 342 g/mol. The molecule has 0 bridgehead atoms. The molecule has 2 aromatic rings. The monoisotopic (exact) mass is 367 g/mol. The normalized spacial score (nSPS) is 22.3. The molecule has 1 saturated carbocycles. The number of anilines is 1. The molecule has 1 unspecified atom stereocenters. The van der Waals surface area contributed by atoms with Gasteiger partial charge in [-0.1, -0.05) is 19.8 Å². The Morgan fingerprint density at radius 2 is 2.15 bits per heavy atom. The van der Waals surface area contributed by atoms with Gasteiger partial charge in [0, 0.05) is 24.9 Å². The topological polar surface area (TPSA) is 82.4 Å². The van der Waals surface area contributed by atoms with Gasteiger partial charge >= 0.3 is 6.03 Å². The van der Waals surface area contributed by atoms with Gasteiger partial charge in [0.2, 0.25) is 0 Å². The molecule has 1 atom stereocenters. The van der Waals surface area contributed by atoms with Crippen molar-refractivity contribution in [3.8, 4) is 0 Å². The second-order valence-corrected chi connectivity index (χ2v) is 7.68. The highest BCUT2D eigenvalue weighted by Crippen LogP contribution is 2.37. The van der Waals surface area contributed by atoms with Crippen LogP contribution in [0.4, 0.5) is 10.6 Å². The minimum Gasteiger partial charge on any atom is -0.337 e. The number of carbonyl (C=O) groups is 1. The number of aromatic amines is 1. The Morgan fingerprint density at radius 1 is 1.30 bits per heavy atom. The van der Waals surface area contributed by atoms with Gasteiger partial charge in [-0.3, -0.25) is 19.5 Å². The summed E-state index contributed by atoms with van der Waals surface area (Å²) in [7, 11) is 0. The number of nitrogens with zero attached hydrogens (tertiary/aromatic N) is 6. The summed E-state index contributed by atoms with van der Waals surface area (Å²) < 4.78 is 1.87. The van der Waals surface area contributed by atoms with Crippen molar-refractivity contribution in [3.05, 3.63) is 30.0 Å². The first-order chi connectivity index (χ1) is 13.2. The molecule has 3 aliphatic rings. The van der Waals surface area contributed by atoms with E-state index < -0.39 is 0 Å². The number of hydrogen-bond donors (Lipinski definition) is 1. The third-order valence-corrected chi connectivity index (χ3v) is 5.74. The van der Waals surface area contributed by atoms with Gasteiger partial charge in [0.1, 0.15) is 11.5 Å². The van der Waals surface area contributed by atoms with Crippen molar-refractivity contribution in [2.24, 2.45) is 4.99 Å². The average molecular weight is 367 g/mol. The fraction of sp³-hybridized carbons (Fsp3) is 0.579. The third kappa shape index (κ3) is 2.74. The molecule has 1 N–H and O–H groups in total. The Kier molecular flexibility index (Phi) is 3.98. The van der Waals surface area contributed by atoms with E-state index >= 15 is 0 Å². The molecule has 8 heteroatoms. The molecule has 2 aliphatic heterocycles. The molecule has 27 heavy (non-hydrogen) atoms. The first kappa shape index (κ1) is 16.5. The van der Waals surface area contributed by atoms with E-state index in [-0.39, 0.29) is 12.1 Å². The summed E-state index contributed by atoms with van der Waals surface area (Å²) >= 11 is 0. The quantitative estimate of drug-likeness (QED) is 0.882. The Labute approximate surface area is 158 Å². The van der Waals surface area contributed by atoms with Crippen LogP contribution in [-0.4, -0.2) is 55.6 Å². The minimum absolute atomic E-state index is 0.00413. The maximum absolute atomic E-state index is 13.1. The number of hydrogen-bond acceptors (Lipinski definition) is 4. The third-order valence-electron chi connectivity index (χ3n) is 5.74. The Hall–Kier alpha value is -2.64. The van der Waals surface area contributed by atoms with Crippen LogP contribution in [0.2, 0.25) is 0 Å². The maximum Gasteiger partial charge on any atom is 0.331 e. The lowest BCUT2D eigenvalue weighted by Gasteiger charge is -2.32. The number of carbonyl (C=O) groups excluding carboxylic acids is 1. The molecule has 1 aliphatic carbocycles. The SMILES string of the molecule is CCCN1C(=O)N2CC(Cn3cccn3)N=C2c2[nH]c(C3CCCC3)nc21. The lowest BCUT2D eigenvalue weighted by atomic mass is 10.1. The predicted molar refractivity (Wildman–Crippen MR) is 102 cm³/mol. The number of amides is 2. The van der Waals surface area contributed by atoms with Crippen molar-refractivity contribution in [1.82, 2.24) is 24.6 Å². The fourth-order valence-corrected chi connectivity index (χ4v) is 4.46. The van der Waals surface area contributed by atoms with Crippen molar-refractivity contribution < 1.29 is 4.79 Å². The van der Waals surface area contributed by atoms with E-state index in [4.69, 9.17) is 9.98 Å². The van der Waals surface area contributed by atoms with Crippen LogP contribution in [0.1, 0.15) is 56.5 Å². The van der Waals surface area contributed by atoms with Crippen LogP contribution in [-0.2, 0) is 6.54 Å². The van der Waals surface area contributed by atoms with E-state index in [9.17, 15) is 4.79 Å². The lowest BCUT2D eigenvalue weighted by Crippen LogP contribution is -2.50. The molecule has 2 aromatic heterocycles. The number of H-pyrrole nitrogens is 1. The van der Waals surface area contributed by atoms with E-state index in [2.05, 4.69) is 17.0 Å². The van der Waals surface area contributed by atoms with Gasteiger partial charge in [0.05, 0.1) is 19.1 Å². The highest BCUT2D eigenvalue weighted by Gasteiger charge is 2.42. The standard InChI is InChI=1S/C19H25N7O/c1-2-9-25-18-15(22-16(23-18)13-6-3-4-7-13)17-21-14(12-26(17)19(25)27)11-24-10-5-8-20-24/h5,8,10,13-14H,2-4,6-7,9,11-12H2,1H3,(H,22,23). The first-order valence-corrected chi connectivity index (χ1v) is 9.99. The van der Waals surface area contributed by atoms with Crippen LogP contribution in [0.25, 0.3) is 0 Å². The molecule has 2 amide bonds. The number of aromatic nitrogens is 4. The molecule has 4 heterocycles. The summed E-state index contributed by atoms with van der Waals surface area (Å²) in [6, 6.07) is 1.91. The molecular formula is C19H25N7O. The van der Waals surface area contributed by atoms with Crippen molar-refractivity contribution >= 4 is 17.7 Å². The van der Waals surface area contributed by atoms with Gasteiger partial charge in [-0.15, -0.1) is 0 Å². The summed E-state index contributed by atoms with van der Waals surface area (Å²) in [5.74, 6) is 3.01. The second-order valence-electron chi connectivity index (χ2n) is 7.68. The van der Waals surface area contributed by atoms with Gasteiger partial charge in [0.25, 0.3) is 0 Å². The van der Waals surface area contributed by atoms with Crippen molar-refractivity contribution in [2.45, 2.75) is 57.5 Å². The van der Waals surface area contributed by atoms with Crippen LogP contribution in [0.3, 0.4) is 0 Å². The van der Waals surface area contributed by atoms with Crippen LogP contribution in [0, 0.1) is 0 Å². The number of amidine groups is 1. The molecule has 0 saturated heterocycles. The zero-order valence-corrected chi connectivity index (χ0v) is 15.6. The van der Waals surface area contributed by atoms with Crippen molar-refractivity contribution in [1.29, 1.82) is 0 Å². The van der Waals surface area contributed by atoms with Crippen LogP contribution in [0.5, 0.6) is 0 Å². The summed E-state index contributed by atoms with van der Waals surface area (Å²) in [4.78, 5) is 30.0. The summed E-state index contributed by atoms with van der Waals surface area (Å²) in [6.45, 7) is 4.03. The van der Waals surface area contributed by atoms with E-state index in [1.54, 1.807) is 6.20 Å². The number of urea groups is 1. The molecule has 0 aromatic carbocycles. The van der Waals surface area contributed by atoms with E-state index in [1.165, 1.54) is 25.7 Å². The maximum atomic E-state index is 13.1. The van der Waals surface area contributed by atoms with Crippen molar-refractivity contribution in [3.63, 3.8) is 0 Å². The van der Waals surface area contributed by atoms with Gasteiger partial charge in [0.15, 0.2) is 11.7 Å². The van der Waals surface area contributed by atoms with Crippen molar-refractivity contribution in [2.75, 3.05) is 18.0 Å². The summed E-state index contributed by atoms with van der Waals surface area (Å²) in [5, 5.41) is 4.27. The smallest absolute Gasteiger partial charge is 0.331 e. The average Bonchev–Trinajstić information content (AvgIpc) is 3.44. The number of rotatable bonds is 5. The highest BCUT2D eigenvalue weighted by atomic mass is 16.2. The number of aliphatic imine (C=N–C) groups is 1. The van der Waals surface area contributed by atoms with Gasteiger partial charge in [-0.05, 0) is 25.3 Å². The Morgan fingerprint density at radius 3 is 2.89 bits per heavy atom. The van der Waals surface area contributed by atoms with E-state index in [0.717, 1.165) is 29.6 Å². The van der Waals surface area contributed by atoms with Crippen LogP contribution >= 0.6 is 0 Å². The van der Waals surface area contributed by atoms with Crippen LogP contribution in [0.15, 0.2) is 23.5 Å². The molecule has 5 rings (SSSR count). The molecule has 142 valence electrons. The molecule has 1 fully saturated rings. The summed E-state index contributed by atoms with van der Waals surface area (Å²) in [5.41, 5.74) is 0.910. The molecule has 8 nitrogen and oxygen atoms in total. The Balaban J connectivity index is 1.51. The number of nitrogens with one attached hydrogen (secondary N) is 1. The summed E-state index contributed by atoms with van der Waals surface area (Å²) in [6.07, 6.45) is 9.46. The van der Waals surface area contributed by atoms with E-state index in [0.29, 0.717) is 25.6 Å². The fourth-order valence-electron chi connectivity index (χ4n) is 4.46. The molecule has 0 spiro atoms. The first-order valence-electron chi connectivity index (χ1n) is 9.99. The minimum atomic E-state index is -0.00413. The van der Waals surface area contributed by atoms with Gasteiger partial charge in [-0.25, -0.2) is 9.78 Å². The highest BCUT2D eigenvalue weighted by molar-refractivity contribution is 6.18. The van der Waals surface area contributed by atoms with Gasteiger partial charge < -0.3 is 4.98 Å². The Bertz CT molecular complexity index is 863. The predicted octanol–water partition coefficient (Wildman–Crippen LogP) is 2.74. The number of fused-ring (bicyclic) bond motifs is 3. The van der Waals surface area contributed by atoms with Crippen LogP contribution < -0.4 is 4.90 Å². The second kappa shape index (κ2) is 6.51. The largest absolute Gasteiger partial charge is 0.337 e. The zero-order valence-electron chi connectivity index (χ0n) is 15.6. The molecule has 0 radical (unpaired) electrons.